The number of nitrogens with zero attached hydrogens (tertiary/aromatic N) is 1. The molecule has 4 nitrogen and oxygen atoms in total. The van der Waals surface area contributed by atoms with Crippen molar-refractivity contribution in [1.82, 2.24) is 4.90 Å². The minimum atomic E-state index is -0.444. The molecule has 1 unspecified atom stereocenters. The predicted molar refractivity (Wildman–Crippen MR) is 78.0 cm³/mol. The van der Waals surface area contributed by atoms with E-state index in [1.165, 1.54) is 6.42 Å². The molecular formula is C15H30N2O2. The molecular weight excluding hydrogens is 240 g/mol. The Bertz CT molecular complexity index is 308. The number of carbonyl (C=O) groups excluding carboxylic acids is 1. The van der Waals surface area contributed by atoms with Gasteiger partial charge < -0.3 is 15.4 Å². The fraction of sp³-hybridized carbons (Fsp3) is 0.933. The molecule has 1 atom stereocenters. The van der Waals surface area contributed by atoms with Gasteiger partial charge in [-0.25, -0.2) is 4.79 Å². The van der Waals surface area contributed by atoms with Crippen LogP contribution in [0.5, 0.6) is 0 Å². The second-order valence-corrected chi connectivity index (χ2v) is 7.23. The van der Waals surface area contributed by atoms with Crippen molar-refractivity contribution < 1.29 is 9.53 Å². The van der Waals surface area contributed by atoms with Gasteiger partial charge >= 0.3 is 6.09 Å². The highest BCUT2D eigenvalue weighted by Crippen LogP contribution is 2.32. The van der Waals surface area contributed by atoms with Gasteiger partial charge in [0.25, 0.3) is 0 Å². The summed E-state index contributed by atoms with van der Waals surface area (Å²) in [6.45, 7) is 11.4. The third kappa shape index (κ3) is 4.68. The smallest absolute Gasteiger partial charge is 0.410 e. The lowest BCUT2D eigenvalue weighted by atomic mass is 9.81. The summed E-state index contributed by atoms with van der Waals surface area (Å²) in [6, 6.07) is 0.176. The van der Waals surface area contributed by atoms with Gasteiger partial charge in [-0.1, -0.05) is 26.7 Å². The van der Waals surface area contributed by atoms with E-state index in [0.717, 1.165) is 25.8 Å². The van der Waals surface area contributed by atoms with Crippen molar-refractivity contribution in [1.29, 1.82) is 0 Å². The summed E-state index contributed by atoms with van der Waals surface area (Å²) in [5.74, 6) is 0. The number of amides is 1. The zero-order chi connectivity index (χ0) is 14.7. The van der Waals surface area contributed by atoms with E-state index in [-0.39, 0.29) is 17.6 Å². The zero-order valence-corrected chi connectivity index (χ0v) is 13.2. The van der Waals surface area contributed by atoms with Crippen LogP contribution in [0, 0.1) is 5.41 Å². The summed E-state index contributed by atoms with van der Waals surface area (Å²) in [7, 11) is 0. The van der Waals surface area contributed by atoms with Crippen LogP contribution in [0.25, 0.3) is 0 Å². The minimum Gasteiger partial charge on any atom is -0.444 e. The van der Waals surface area contributed by atoms with Crippen molar-refractivity contribution >= 4 is 6.09 Å². The summed E-state index contributed by atoms with van der Waals surface area (Å²) in [6.07, 6.45) is 4.21. The lowest BCUT2D eigenvalue weighted by molar-refractivity contribution is 0.00174. The Morgan fingerprint density at radius 2 is 1.84 bits per heavy atom. The number of hydrogen-bond acceptors (Lipinski definition) is 3. The van der Waals surface area contributed by atoms with Crippen LogP contribution >= 0.6 is 0 Å². The van der Waals surface area contributed by atoms with Crippen molar-refractivity contribution in [2.75, 3.05) is 13.1 Å². The quantitative estimate of drug-likeness (QED) is 0.838. The summed E-state index contributed by atoms with van der Waals surface area (Å²) < 4.78 is 5.55. The summed E-state index contributed by atoms with van der Waals surface area (Å²) in [5, 5.41) is 0. The summed E-state index contributed by atoms with van der Waals surface area (Å²) in [5.41, 5.74) is 5.39. The average Bonchev–Trinajstić information content (AvgIpc) is 2.52. The number of nitrogens with two attached hydrogens (primary N) is 1. The van der Waals surface area contributed by atoms with E-state index in [4.69, 9.17) is 10.5 Å². The minimum absolute atomic E-state index is 0.0682. The second-order valence-electron chi connectivity index (χ2n) is 7.23. The molecule has 0 saturated carbocycles. The molecule has 19 heavy (non-hydrogen) atoms. The molecule has 1 rings (SSSR count). The van der Waals surface area contributed by atoms with Gasteiger partial charge in [0.2, 0.25) is 0 Å². The van der Waals surface area contributed by atoms with Crippen LogP contribution in [0.4, 0.5) is 4.79 Å². The molecule has 0 aromatic heterocycles. The molecule has 0 aromatic rings. The predicted octanol–water partition coefficient (Wildman–Crippen LogP) is 3.15. The van der Waals surface area contributed by atoms with Crippen LogP contribution in [0.3, 0.4) is 0 Å². The van der Waals surface area contributed by atoms with Crippen molar-refractivity contribution in [2.45, 2.75) is 71.9 Å². The van der Waals surface area contributed by atoms with Gasteiger partial charge in [0, 0.05) is 12.6 Å². The van der Waals surface area contributed by atoms with Crippen molar-refractivity contribution in [3.8, 4) is 0 Å². The molecule has 0 aromatic carbocycles. The highest BCUT2D eigenvalue weighted by molar-refractivity contribution is 5.68. The SMILES string of the molecule is CC(C)(C)OC(=O)N1CCCCCC1C(C)(C)CN. The van der Waals surface area contributed by atoms with Crippen molar-refractivity contribution in [2.24, 2.45) is 11.1 Å². The number of likely N-dealkylation sites (tertiary alicyclic amines) is 1. The van der Waals surface area contributed by atoms with Gasteiger partial charge in [-0.15, -0.1) is 0 Å². The average molecular weight is 270 g/mol. The number of rotatable bonds is 2. The Morgan fingerprint density at radius 1 is 1.21 bits per heavy atom. The lowest BCUT2D eigenvalue weighted by Gasteiger charge is -2.41. The Kier molecular flexibility index (Phi) is 5.25. The Morgan fingerprint density at radius 3 is 2.37 bits per heavy atom. The number of carbonyl (C=O) groups is 1. The van der Waals surface area contributed by atoms with Crippen LogP contribution in [0.15, 0.2) is 0 Å². The van der Waals surface area contributed by atoms with E-state index in [2.05, 4.69) is 13.8 Å². The van der Waals surface area contributed by atoms with Crippen LogP contribution < -0.4 is 5.73 Å². The van der Waals surface area contributed by atoms with E-state index < -0.39 is 5.60 Å². The molecule has 1 amide bonds. The van der Waals surface area contributed by atoms with Gasteiger partial charge in [0.1, 0.15) is 5.60 Å². The monoisotopic (exact) mass is 270 g/mol. The van der Waals surface area contributed by atoms with E-state index in [0.29, 0.717) is 6.54 Å². The maximum absolute atomic E-state index is 12.4. The topological polar surface area (TPSA) is 55.6 Å². The Balaban J connectivity index is 2.88. The molecule has 0 aliphatic carbocycles. The summed E-state index contributed by atoms with van der Waals surface area (Å²) in [4.78, 5) is 14.3. The molecule has 1 aliphatic heterocycles. The van der Waals surface area contributed by atoms with Gasteiger partial charge in [0.15, 0.2) is 0 Å². The first-order valence-electron chi connectivity index (χ1n) is 7.37. The van der Waals surface area contributed by atoms with E-state index >= 15 is 0 Å². The normalized spacial score (nSPS) is 22.0. The first-order valence-corrected chi connectivity index (χ1v) is 7.37. The largest absolute Gasteiger partial charge is 0.444 e. The molecule has 4 heteroatoms. The van der Waals surface area contributed by atoms with E-state index in [1.54, 1.807) is 0 Å². The zero-order valence-electron chi connectivity index (χ0n) is 13.2. The molecule has 2 N–H and O–H groups in total. The Hall–Kier alpha value is -0.770. The number of ether oxygens (including phenoxy) is 1. The highest BCUT2D eigenvalue weighted by Gasteiger charge is 2.38. The fourth-order valence-electron chi connectivity index (χ4n) is 2.60. The molecule has 1 saturated heterocycles. The third-order valence-electron chi connectivity index (χ3n) is 3.81. The first kappa shape index (κ1) is 16.3. The Labute approximate surface area is 117 Å². The van der Waals surface area contributed by atoms with E-state index in [9.17, 15) is 4.79 Å². The number of hydrogen-bond donors (Lipinski definition) is 1. The molecule has 1 heterocycles. The van der Waals surface area contributed by atoms with E-state index in [1.807, 2.05) is 25.7 Å². The van der Waals surface area contributed by atoms with Crippen molar-refractivity contribution in [3.63, 3.8) is 0 Å². The highest BCUT2D eigenvalue weighted by atomic mass is 16.6. The van der Waals surface area contributed by atoms with Crippen LogP contribution in [0.1, 0.15) is 60.3 Å². The van der Waals surface area contributed by atoms with Gasteiger partial charge in [0.05, 0.1) is 0 Å². The molecule has 0 bridgehead atoms. The van der Waals surface area contributed by atoms with Gasteiger partial charge in [-0.2, -0.15) is 0 Å². The molecule has 0 spiro atoms. The maximum Gasteiger partial charge on any atom is 0.410 e. The molecule has 1 aliphatic rings. The van der Waals surface area contributed by atoms with Crippen LogP contribution in [-0.2, 0) is 4.74 Å². The maximum atomic E-state index is 12.4. The lowest BCUT2D eigenvalue weighted by Crippen LogP contribution is -2.52. The third-order valence-corrected chi connectivity index (χ3v) is 3.81. The molecule has 0 radical (unpaired) electrons. The van der Waals surface area contributed by atoms with Crippen LogP contribution in [0.2, 0.25) is 0 Å². The first-order chi connectivity index (χ1) is 8.67. The van der Waals surface area contributed by atoms with Gasteiger partial charge in [-0.3, -0.25) is 0 Å². The molecule has 112 valence electrons. The van der Waals surface area contributed by atoms with Crippen molar-refractivity contribution in [3.05, 3.63) is 0 Å². The summed E-state index contributed by atoms with van der Waals surface area (Å²) >= 11 is 0. The standard InChI is InChI=1S/C15H30N2O2/c1-14(2,3)19-13(18)17-10-8-6-7-9-12(17)15(4,5)11-16/h12H,6-11,16H2,1-5H3. The van der Waals surface area contributed by atoms with Gasteiger partial charge in [-0.05, 0) is 45.6 Å². The van der Waals surface area contributed by atoms with Crippen LogP contribution in [-0.4, -0.2) is 35.7 Å². The second kappa shape index (κ2) is 6.12. The fourth-order valence-corrected chi connectivity index (χ4v) is 2.60. The molecule has 1 fully saturated rings.